The minimum atomic E-state index is -0.663. The average molecular weight is 323 g/mol. The molecule has 1 N–H and O–H groups in total. The fourth-order valence-corrected chi connectivity index (χ4v) is 2.65. The molecule has 22 heavy (non-hydrogen) atoms. The summed E-state index contributed by atoms with van der Waals surface area (Å²) in [6.45, 7) is 3.90. The van der Waals surface area contributed by atoms with E-state index in [2.05, 4.69) is 22.4 Å². The first-order valence-electron chi connectivity index (χ1n) is 7.17. The number of ether oxygens (including phenoxy) is 1. The van der Waals surface area contributed by atoms with Gasteiger partial charge < -0.3 is 4.74 Å². The van der Waals surface area contributed by atoms with Crippen molar-refractivity contribution in [3.63, 3.8) is 0 Å². The summed E-state index contributed by atoms with van der Waals surface area (Å²) in [6, 6.07) is 5.58. The third-order valence-electron chi connectivity index (χ3n) is 2.92. The Kier molecular flexibility index (Phi) is 5.83. The van der Waals surface area contributed by atoms with Gasteiger partial charge in [0.15, 0.2) is 6.10 Å². The molecule has 1 amide bonds. The molecule has 0 saturated carbocycles. The number of aromatic nitrogens is 2. The number of halogens is 1. The fourth-order valence-electron chi connectivity index (χ4n) is 1.80. The quantitative estimate of drug-likeness (QED) is 0.848. The molecule has 0 aliphatic carbocycles. The molecule has 1 heterocycles. The number of carbonyl (C=O) groups excluding carboxylic acids is 1. The molecule has 0 fully saturated rings. The molecule has 2 rings (SSSR count). The molecule has 0 radical (unpaired) electrons. The van der Waals surface area contributed by atoms with Crippen LogP contribution >= 0.6 is 11.3 Å². The van der Waals surface area contributed by atoms with Crippen molar-refractivity contribution in [3.8, 4) is 5.75 Å². The fraction of sp³-hybridized carbons (Fsp3) is 0.400. The predicted octanol–water partition coefficient (Wildman–Crippen LogP) is 3.43. The van der Waals surface area contributed by atoms with E-state index in [1.54, 1.807) is 0 Å². The summed E-state index contributed by atoms with van der Waals surface area (Å²) in [4.78, 5) is 12.2. The highest BCUT2D eigenvalue weighted by Gasteiger charge is 2.20. The monoisotopic (exact) mass is 323 g/mol. The zero-order chi connectivity index (χ0) is 15.9. The molecular formula is C15H18FN3O2S. The van der Waals surface area contributed by atoms with Crippen molar-refractivity contribution in [1.82, 2.24) is 10.2 Å². The van der Waals surface area contributed by atoms with Crippen LogP contribution in [0.2, 0.25) is 0 Å². The van der Waals surface area contributed by atoms with Crippen LogP contribution in [0, 0.1) is 5.82 Å². The number of anilines is 1. The van der Waals surface area contributed by atoms with E-state index in [0.717, 1.165) is 17.8 Å². The van der Waals surface area contributed by atoms with Gasteiger partial charge in [0.25, 0.3) is 5.91 Å². The summed E-state index contributed by atoms with van der Waals surface area (Å²) in [5.74, 6) is -0.180. The van der Waals surface area contributed by atoms with Crippen LogP contribution in [0.5, 0.6) is 5.75 Å². The van der Waals surface area contributed by atoms with E-state index in [1.807, 2.05) is 6.92 Å². The van der Waals surface area contributed by atoms with Crippen molar-refractivity contribution in [3.05, 3.63) is 35.1 Å². The minimum absolute atomic E-state index is 0.286. The maximum Gasteiger partial charge on any atom is 0.267 e. The van der Waals surface area contributed by atoms with Crippen LogP contribution in [-0.2, 0) is 11.2 Å². The Hall–Kier alpha value is -2.02. The average Bonchev–Trinajstić information content (AvgIpc) is 2.94. The zero-order valence-corrected chi connectivity index (χ0v) is 13.3. The lowest BCUT2D eigenvalue weighted by Crippen LogP contribution is -2.32. The normalized spacial score (nSPS) is 12.0. The maximum absolute atomic E-state index is 12.9. The second-order valence-electron chi connectivity index (χ2n) is 4.71. The van der Waals surface area contributed by atoms with Gasteiger partial charge >= 0.3 is 0 Å². The van der Waals surface area contributed by atoms with Crippen LogP contribution in [0.1, 0.15) is 31.7 Å². The topological polar surface area (TPSA) is 64.1 Å². The molecule has 1 unspecified atom stereocenters. The number of nitrogens with one attached hydrogen (secondary N) is 1. The predicted molar refractivity (Wildman–Crippen MR) is 83.6 cm³/mol. The van der Waals surface area contributed by atoms with E-state index in [9.17, 15) is 9.18 Å². The van der Waals surface area contributed by atoms with E-state index in [0.29, 0.717) is 17.3 Å². The molecule has 0 aliphatic heterocycles. The van der Waals surface area contributed by atoms with Gasteiger partial charge in [-0.1, -0.05) is 25.2 Å². The summed E-state index contributed by atoms with van der Waals surface area (Å²) in [5.41, 5.74) is 0. The van der Waals surface area contributed by atoms with Gasteiger partial charge in [-0.25, -0.2) is 4.39 Å². The molecule has 1 atom stereocenters. The lowest BCUT2D eigenvalue weighted by atomic mass is 10.2. The molecule has 118 valence electrons. The summed E-state index contributed by atoms with van der Waals surface area (Å²) >= 11 is 1.36. The van der Waals surface area contributed by atoms with Crippen molar-refractivity contribution in [2.75, 3.05) is 5.32 Å². The van der Waals surface area contributed by atoms with Crippen molar-refractivity contribution >= 4 is 22.4 Å². The van der Waals surface area contributed by atoms with Crippen LogP contribution in [-0.4, -0.2) is 22.2 Å². The van der Waals surface area contributed by atoms with Crippen LogP contribution in [0.4, 0.5) is 9.52 Å². The molecule has 0 saturated heterocycles. The molecule has 1 aromatic heterocycles. The molecular weight excluding hydrogens is 305 g/mol. The van der Waals surface area contributed by atoms with E-state index in [-0.39, 0.29) is 11.7 Å². The van der Waals surface area contributed by atoms with Gasteiger partial charge in [0.05, 0.1) is 0 Å². The van der Waals surface area contributed by atoms with Gasteiger partial charge in [0.1, 0.15) is 16.6 Å². The summed E-state index contributed by atoms with van der Waals surface area (Å²) in [7, 11) is 0. The third kappa shape index (κ3) is 4.49. The van der Waals surface area contributed by atoms with Gasteiger partial charge in [-0.3, -0.25) is 10.1 Å². The molecule has 5 nitrogen and oxygen atoms in total. The second-order valence-corrected chi connectivity index (χ2v) is 5.77. The van der Waals surface area contributed by atoms with Crippen LogP contribution in [0.15, 0.2) is 24.3 Å². The molecule has 2 aromatic rings. The largest absolute Gasteiger partial charge is 0.481 e. The Bertz CT molecular complexity index is 616. The molecule has 0 aliphatic rings. The number of aryl methyl sites for hydroxylation is 1. The first kappa shape index (κ1) is 16.4. The van der Waals surface area contributed by atoms with Crippen molar-refractivity contribution in [2.45, 2.75) is 39.2 Å². The van der Waals surface area contributed by atoms with E-state index < -0.39 is 6.10 Å². The number of amides is 1. The number of hydrogen-bond donors (Lipinski definition) is 1. The van der Waals surface area contributed by atoms with Crippen LogP contribution in [0.3, 0.4) is 0 Å². The van der Waals surface area contributed by atoms with E-state index in [1.165, 1.54) is 35.6 Å². The number of carbonyl (C=O) groups is 1. The Morgan fingerprint density at radius 1 is 1.32 bits per heavy atom. The first-order valence-corrected chi connectivity index (χ1v) is 7.99. The number of hydrogen-bond acceptors (Lipinski definition) is 5. The first-order chi connectivity index (χ1) is 10.6. The Morgan fingerprint density at radius 2 is 2.05 bits per heavy atom. The summed E-state index contributed by atoms with van der Waals surface area (Å²) in [5, 5.41) is 12.0. The smallest absolute Gasteiger partial charge is 0.267 e. The lowest BCUT2D eigenvalue weighted by Gasteiger charge is -2.16. The van der Waals surface area contributed by atoms with Gasteiger partial charge in [-0.2, -0.15) is 0 Å². The highest BCUT2D eigenvalue weighted by molar-refractivity contribution is 7.15. The van der Waals surface area contributed by atoms with Gasteiger partial charge in [0.2, 0.25) is 5.13 Å². The zero-order valence-electron chi connectivity index (χ0n) is 12.5. The van der Waals surface area contributed by atoms with Crippen LogP contribution in [0.25, 0.3) is 0 Å². The van der Waals surface area contributed by atoms with Gasteiger partial charge in [0, 0.05) is 6.42 Å². The van der Waals surface area contributed by atoms with Gasteiger partial charge in [-0.15, -0.1) is 10.2 Å². The third-order valence-corrected chi connectivity index (χ3v) is 3.81. The van der Waals surface area contributed by atoms with E-state index in [4.69, 9.17) is 4.74 Å². The molecule has 0 spiro atoms. The SMILES string of the molecule is CCCc1nnc(NC(=O)C(CC)Oc2ccc(F)cc2)s1. The standard InChI is InChI=1S/C15H18FN3O2S/c1-3-5-13-18-19-15(22-13)17-14(20)12(4-2)21-11-8-6-10(16)7-9-11/h6-9,12H,3-5H2,1-2H3,(H,17,19,20). The second kappa shape index (κ2) is 7.84. The summed E-state index contributed by atoms with van der Waals surface area (Å²) in [6.07, 6.45) is 1.65. The van der Waals surface area contributed by atoms with Crippen molar-refractivity contribution in [1.29, 1.82) is 0 Å². The Morgan fingerprint density at radius 3 is 2.68 bits per heavy atom. The maximum atomic E-state index is 12.9. The molecule has 7 heteroatoms. The molecule has 0 bridgehead atoms. The van der Waals surface area contributed by atoms with Gasteiger partial charge in [-0.05, 0) is 37.1 Å². The molecule has 1 aromatic carbocycles. The lowest BCUT2D eigenvalue weighted by molar-refractivity contribution is -0.122. The number of rotatable bonds is 7. The van der Waals surface area contributed by atoms with Crippen molar-refractivity contribution in [2.24, 2.45) is 0 Å². The van der Waals surface area contributed by atoms with E-state index >= 15 is 0 Å². The summed E-state index contributed by atoms with van der Waals surface area (Å²) < 4.78 is 18.5. The van der Waals surface area contributed by atoms with Crippen LogP contribution < -0.4 is 10.1 Å². The Labute approximate surface area is 132 Å². The van der Waals surface area contributed by atoms with Crippen molar-refractivity contribution < 1.29 is 13.9 Å². The highest BCUT2D eigenvalue weighted by atomic mass is 32.1. The minimum Gasteiger partial charge on any atom is -0.481 e. The number of nitrogens with zero attached hydrogens (tertiary/aromatic N) is 2. The highest BCUT2D eigenvalue weighted by Crippen LogP contribution is 2.19. The number of benzene rings is 1. The Balaban J connectivity index is 1.97.